The molecule has 2 atom stereocenters. The molecule has 1 amide bonds. The average molecular weight is 435 g/mol. The van der Waals surface area contributed by atoms with Gasteiger partial charge in [-0.15, -0.1) is 0 Å². The molecule has 3 saturated heterocycles. The Morgan fingerprint density at radius 3 is 2.59 bits per heavy atom. The van der Waals surface area contributed by atoms with E-state index in [9.17, 15) is 4.79 Å². The van der Waals surface area contributed by atoms with Crippen LogP contribution in [0.2, 0.25) is 0 Å². The molecule has 5 heteroatoms. The summed E-state index contributed by atoms with van der Waals surface area (Å²) in [6.07, 6.45) is 4.07. The molecule has 32 heavy (non-hydrogen) atoms. The molecule has 0 spiro atoms. The maximum absolute atomic E-state index is 12.9. The van der Waals surface area contributed by atoms with E-state index in [1.165, 1.54) is 16.7 Å². The van der Waals surface area contributed by atoms with Gasteiger partial charge in [0.15, 0.2) is 0 Å². The number of amides is 1. The zero-order valence-electron chi connectivity index (χ0n) is 19.4. The fourth-order valence-corrected chi connectivity index (χ4v) is 5.72. The normalized spacial score (nSPS) is 28.0. The minimum Gasteiger partial charge on any atom is -0.497 e. The number of piperidine rings is 3. The van der Waals surface area contributed by atoms with Crippen LogP contribution in [-0.4, -0.2) is 43.8 Å². The van der Waals surface area contributed by atoms with E-state index in [1.54, 1.807) is 7.11 Å². The van der Waals surface area contributed by atoms with Crippen molar-refractivity contribution in [2.24, 2.45) is 11.3 Å². The molecule has 0 saturated carbocycles. The molecular weight excluding hydrogens is 400 g/mol. The van der Waals surface area contributed by atoms with E-state index in [2.05, 4.69) is 54.4 Å². The number of hydrogen-bond donors (Lipinski definition) is 1. The highest BCUT2D eigenvalue weighted by molar-refractivity contribution is 5.70. The van der Waals surface area contributed by atoms with Gasteiger partial charge in [-0.2, -0.15) is 0 Å². The van der Waals surface area contributed by atoms with E-state index in [1.807, 2.05) is 12.1 Å². The Morgan fingerprint density at radius 1 is 1.09 bits per heavy atom. The summed E-state index contributed by atoms with van der Waals surface area (Å²) in [6, 6.07) is 14.7. The molecule has 3 heterocycles. The predicted molar refractivity (Wildman–Crippen MR) is 126 cm³/mol. The van der Waals surface area contributed by atoms with Crippen molar-refractivity contribution in [2.75, 3.05) is 26.7 Å². The lowest BCUT2D eigenvalue weighted by Crippen LogP contribution is -2.53. The Labute approximate surface area is 191 Å². The van der Waals surface area contributed by atoms with E-state index in [-0.39, 0.29) is 23.7 Å². The molecule has 6 rings (SSSR count). The molecule has 0 radical (unpaired) electrons. The first-order chi connectivity index (χ1) is 15.4. The largest absolute Gasteiger partial charge is 0.497 e. The summed E-state index contributed by atoms with van der Waals surface area (Å²) in [4.78, 5) is 15.4. The summed E-state index contributed by atoms with van der Waals surface area (Å²) in [5, 5.41) is 3.25. The van der Waals surface area contributed by atoms with E-state index in [4.69, 9.17) is 9.47 Å². The van der Waals surface area contributed by atoms with Gasteiger partial charge in [0.05, 0.1) is 13.2 Å². The second-order valence-corrected chi connectivity index (χ2v) is 10.3. The van der Waals surface area contributed by atoms with Crippen LogP contribution in [0, 0.1) is 11.3 Å². The van der Waals surface area contributed by atoms with Crippen molar-refractivity contribution in [1.29, 1.82) is 0 Å². The standard InChI is InChI=1S/C27H34N2O3/c1-27(2)12-9-21-15-20(19-5-4-6-22(16-19)31-3)7-8-23(21)25(27)28-26(30)32-24-17-29-13-10-18(24)11-14-29/h4-8,15-16,18,24-25H,9-14,17H2,1-3H3,(H,28,30)/t24-,25?/m0/s1. The molecule has 1 N–H and O–H groups in total. The van der Waals surface area contributed by atoms with Crippen molar-refractivity contribution in [3.05, 3.63) is 53.6 Å². The van der Waals surface area contributed by atoms with Gasteiger partial charge >= 0.3 is 6.09 Å². The number of carbonyl (C=O) groups excluding carboxylic acids is 1. The van der Waals surface area contributed by atoms with Crippen molar-refractivity contribution >= 4 is 6.09 Å². The third-order valence-corrected chi connectivity index (χ3v) is 7.79. The van der Waals surface area contributed by atoms with Crippen molar-refractivity contribution < 1.29 is 14.3 Å². The molecule has 170 valence electrons. The summed E-state index contributed by atoms with van der Waals surface area (Å²) in [7, 11) is 1.69. The van der Waals surface area contributed by atoms with Gasteiger partial charge in [-0.1, -0.05) is 44.2 Å². The summed E-state index contributed by atoms with van der Waals surface area (Å²) < 4.78 is 11.3. The highest BCUT2D eigenvalue weighted by Gasteiger charge is 2.40. The Bertz CT molecular complexity index is 994. The number of nitrogens with zero attached hydrogens (tertiary/aromatic N) is 1. The molecule has 3 fully saturated rings. The van der Waals surface area contributed by atoms with E-state index < -0.39 is 0 Å². The zero-order valence-corrected chi connectivity index (χ0v) is 19.4. The van der Waals surface area contributed by atoms with Crippen LogP contribution >= 0.6 is 0 Å². The number of ether oxygens (including phenoxy) is 2. The van der Waals surface area contributed by atoms with Crippen LogP contribution in [0.1, 0.15) is 50.3 Å². The Kier molecular flexibility index (Phi) is 5.62. The first-order valence-electron chi connectivity index (χ1n) is 11.9. The average Bonchev–Trinajstić information content (AvgIpc) is 2.81. The quantitative estimate of drug-likeness (QED) is 0.719. The van der Waals surface area contributed by atoms with Crippen LogP contribution in [0.5, 0.6) is 5.75 Å². The SMILES string of the molecule is COc1cccc(-c2ccc3c(c2)CCC(C)(C)C3NC(=O)O[C@H]2CN3CCC2CC3)c1. The van der Waals surface area contributed by atoms with Crippen LogP contribution in [0.15, 0.2) is 42.5 Å². The van der Waals surface area contributed by atoms with Gasteiger partial charge in [-0.05, 0) is 84.5 Å². The van der Waals surface area contributed by atoms with Crippen LogP contribution in [-0.2, 0) is 11.2 Å². The lowest BCUT2D eigenvalue weighted by molar-refractivity contribution is -0.0353. The molecule has 4 aliphatic rings. The minimum absolute atomic E-state index is 0.0270. The monoisotopic (exact) mass is 434 g/mol. The van der Waals surface area contributed by atoms with Gasteiger partial charge < -0.3 is 14.8 Å². The summed E-state index contributed by atoms with van der Waals surface area (Å²) in [6.45, 7) is 7.65. The first-order valence-corrected chi connectivity index (χ1v) is 11.9. The number of methoxy groups -OCH3 is 1. The number of carbonyl (C=O) groups is 1. The Hall–Kier alpha value is -2.53. The maximum atomic E-state index is 12.9. The number of alkyl carbamates (subject to hydrolysis) is 1. The van der Waals surface area contributed by atoms with E-state index in [0.717, 1.165) is 56.6 Å². The molecule has 1 aliphatic carbocycles. The van der Waals surface area contributed by atoms with Gasteiger partial charge in [0.25, 0.3) is 0 Å². The molecular formula is C27H34N2O3. The van der Waals surface area contributed by atoms with Gasteiger partial charge in [0.1, 0.15) is 11.9 Å². The highest BCUT2D eigenvalue weighted by Crippen LogP contribution is 2.44. The second-order valence-electron chi connectivity index (χ2n) is 10.3. The number of aryl methyl sites for hydroxylation is 1. The Morgan fingerprint density at radius 2 is 1.88 bits per heavy atom. The van der Waals surface area contributed by atoms with Crippen molar-refractivity contribution in [3.8, 4) is 16.9 Å². The molecule has 1 unspecified atom stereocenters. The maximum Gasteiger partial charge on any atom is 0.407 e. The Balaban J connectivity index is 1.35. The summed E-state index contributed by atoms with van der Waals surface area (Å²) in [5.41, 5.74) is 4.80. The first kappa shape index (κ1) is 21.3. The molecule has 5 nitrogen and oxygen atoms in total. The van der Waals surface area contributed by atoms with Crippen molar-refractivity contribution in [3.63, 3.8) is 0 Å². The molecule has 0 aromatic heterocycles. The van der Waals surface area contributed by atoms with E-state index >= 15 is 0 Å². The summed E-state index contributed by atoms with van der Waals surface area (Å²) >= 11 is 0. The number of fused-ring (bicyclic) bond motifs is 4. The molecule has 3 aliphatic heterocycles. The fourth-order valence-electron chi connectivity index (χ4n) is 5.72. The van der Waals surface area contributed by atoms with Crippen LogP contribution in [0.25, 0.3) is 11.1 Å². The fraction of sp³-hybridized carbons (Fsp3) is 0.519. The third kappa shape index (κ3) is 4.11. The van der Waals surface area contributed by atoms with E-state index in [0.29, 0.717) is 5.92 Å². The van der Waals surface area contributed by atoms with Crippen LogP contribution in [0.4, 0.5) is 4.79 Å². The zero-order chi connectivity index (χ0) is 22.3. The number of hydrogen-bond acceptors (Lipinski definition) is 4. The molecule has 2 aromatic rings. The lowest BCUT2D eigenvalue weighted by atomic mass is 9.70. The summed E-state index contributed by atoms with van der Waals surface area (Å²) in [5.74, 6) is 1.37. The number of benzene rings is 2. The van der Waals surface area contributed by atoms with Crippen LogP contribution in [0.3, 0.4) is 0 Å². The predicted octanol–water partition coefficient (Wildman–Crippen LogP) is 5.20. The second kappa shape index (κ2) is 8.43. The lowest BCUT2D eigenvalue weighted by Gasteiger charge is -2.44. The third-order valence-electron chi connectivity index (χ3n) is 7.79. The topological polar surface area (TPSA) is 50.8 Å². The van der Waals surface area contributed by atoms with Crippen molar-refractivity contribution in [2.45, 2.75) is 51.7 Å². The molecule has 2 bridgehead atoms. The number of rotatable bonds is 4. The van der Waals surface area contributed by atoms with Gasteiger partial charge in [0, 0.05) is 6.54 Å². The highest BCUT2D eigenvalue weighted by atomic mass is 16.6. The molecule has 2 aromatic carbocycles. The van der Waals surface area contributed by atoms with Crippen molar-refractivity contribution in [1.82, 2.24) is 10.2 Å². The van der Waals surface area contributed by atoms with Crippen LogP contribution < -0.4 is 10.1 Å². The van der Waals surface area contributed by atoms with Gasteiger partial charge in [0.2, 0.25) is 0 Å². The number of nitrogens with one attached hydrogen (secondary N) is 1. The van der Waals surface area contributed by atoms with Gasteiger partial charge in [-0.3, -0.25) is 4.90 Å². The smallest absolute Gasteiger partial charge is 0.407 e. The minimum atomic E-state index is -0.272. The van der Waals surface area contributed by atoms with Gasteiger partial charge in [-0.25, -0.2) is 4.79 Å².